The third-order valence-corrected chi connectivity index (χ3v) is 7.35. The topological polar surface area (TPSA) is 62.7 Å². The van der Waals surface area contributed by atoms with Gasteiger partial charge in [-0.2, -0.15) is 0 Å². The van der Waals surface area contributed by atoms with Crippen LogP contribution in [0.5, 0.6) is 5.75 Å². The van der Waals surface area contributed by atoms with Crippen LogP contribution in [0.3, 0.4) is 0 Å². The summed E-state index contributed by atoms with van der Waals surface area (Å²) in [6.45, 7) is 1.72. The van der Waals surface area contributed by atoms with E-state index in [-0.39, 0.29) is 18.4 Å². The molecule has 0 aliphatic carbocycles. The number of benzene rings is 1. The van der Waals surface area contributed by atoms with E-state index in [0.29, 0.717) is 49.1 Å². The number of aliphatic carboxylic acids is 1. The quantitative estimate of drug-likeness (QED) is 0.452. The van der Waals surface area contributed by atoms with Gasteiger partial charge in [0.05, 0.1) is 35.7 Å². The Hall–Kier alpha value is -3.02. The normalized spacial score (nSPS) is 16.6. The molecule has 1 aliphatic rings. The Balaban J connectivity index is 1.43. The summed E-state index contributed by atoms with van der Waals surface area (Å²) < 4.78 is 35.2. The fourth-order valence-corrected chi connectivity index (χ4v) is 5.05. The maximum absolute atomic E-state index is 15.4. The number of thiophene rings is 1. The van der Waals surface area contributed by atoms with Crippen molar-refractivity contribution in [2.75, 3.05) is 26.7 Å². The van der Waals surface area contributed by atoms with E-state index in [1.165, 1.54) is 7.11 Å². The number of rotatable bonds is 7. The first-order valence-corrected chi connectivity index (χ1v) is 12.0. The van der Waals surface area contributed by atoms with Gasteiger partial charge in [-0.15, -0.1) is 11.3 Å². The zero-order valence-electron chi connectivity index (χ0n) is 18.9. The van der Waals surface area contributed by atoms with Crippen molar-refractivity contribution in [3.05, 3.63) is 58.2 Å². The Bertz CT molecular complexity index is 1210. The van der Waals surface area contributed by atoms with Crippen molar-refractivity contribution >= 4 is 28.2 Å². The Morgan fingerprint density at radius 2 is 2.15 bits per heavy atom. The number of ether oxygens (including phenoxy) is 1. The summed E-state index contributed by atoms with van der Waals surface area (Å²) in [5, 5.41) is 12.3. The Morgan fingerprint density at radius 1 is 1.35 bits per heavy atom. The van der Waals surface area contributed by atoms with Gasteiger partial charge >= 0.3 is 5.97 Å². The first kappa shape index (κ1) is 24.1. The first-order chi connectivity index (χ1) is 16.4. The molecule has 8 heteroatoms. The van der Waals surface area contributed by atoms with Crippen LogP contribution in [0, 0.1) is 23.1 Å². The molecule has 1 aliphatic heterocycles. The molecule has 1 atom stereocenters. The van der Waals surface area contributed by atoms with Gasteiger partial charge in [0, 0.05) is 24.0 Å². The number of pyridine rings is 1. The summed E-state index contributed by atoms with van der Waals surface area (Å²) >= 11 is 1.58. The van der Waals surface area contributed by atoms with E-state index >= 15 is 4.39 Å². The number of hydrogen-bond donors (Lipinski definition) is 1. The van der Waals surface area contributed by atoms with Crippen molar-refractivity contribution in [1.29, 1.82) is 0 Å². The molecule has 4 rings (SSSR count). The monoisotopic (exact) mass is 484 g/mol. The van der Waals surface area contributed by atoms with Gasteiger partial charge in [0.25, 0.3) is 0 Å². The molecule has 1 unspecified atom stereocenters. The van der Waals surface area contributed by atoms with Crippen LogP contribution in [0.15, 0.2) is 41.9 Å². The molecule has 1 aromatic carbocycles. The van der Waals surface area contributed by atoms with Crippen molar-refractivity contribution in [2.24, 2.45) is 5.41 Å². The fourth-order valence-electron chi connectivity index (χ4n) is 4.46. The summed E-state index contributed by atoms with van der Waals surface area (Å²) in [4.78, 5) is 19.4. The third-order valence-electron chi connectivity index (χ3n) is 6.56. The summed E-state index contributed by atoms with van der Waals surface area (Å²) in [7, 11) is 1.48. The van der Waals surface area contributed by atoms with Gasteiger partial charge in [0.1, 0.15) is 17.7 Å². The van der Waals surface area contributed by atoms with Crippen molar-refractivity contribution in [1.82, 2.24) is 9.88 Å². The second-order valence-corrected chi connectivity index (χ2v) is 9.50. The number of methoxy groups -OCH3 is 1. The number of hydrogen-bond acceptors (Lipinski definition) is 5. The van der Waals surface area contributed by atoms with Gasteiger partial charge in [-0.05, 0) is 55.3 Å². The maximum atomic E-state index is 15.4. The minimum Gasteiger partial charge on any atom is -0.497 e. The van der Waals surface area contributed by atoms with Gasteiger partial charge in [0.15, 0.2) is 0 Å². The Labute approximate surface area is 201 Å². The molecule has 3 aromatic rings. The SMILES string of the molecule is COc1ccc2ncc(F)c(C(F)CCC3(C(=O)O)CCN(CC#Cc4cccs4)CC3)c2c1. The van der Waals surface area contributed by atoms with Gasteiger partial charge in [-0.3, -0.25) is 14.7 Å². The number of halogens is 2. The molecule has 5 nitrogen and oxygen atoms in total. The zero-order chi connectivity index (χ0) is 24.1. The number of fused-ring (bicyclic) bond motifs is 1. The van der Waals surface area contributed by atoms with Crippen LogP contribution >= 0.6 is 11.3 Å². The largest absolute Gasteiger partial charge is 0.497 e. The number of piperidine rings is 1. The molecule has 178 valence electrons. The van der Waals surface area contributed by atoms with E-state index in [0.717, 1.165) is 11.1 Å². The van der Waals surface area contributed by atoms with Crippen LogP contribution in [0.2, 0.25) is 0 Å². The number of carbonyl (C=O) groups is 1. The molecule has 1 N–H and O–H groups in total. The van der Waals surface area contributed by atoms with Crippen molar-refractivity contribution < 1.29 is 23.4 Å². The zero-order valence-corrected chi connectivity index (χ0v) is 19.7. The predicted octanol–water partition coefficient (Wildman–Crippen LogP) is 5.45. The average Bonchev–Trinajstić information content (AvgIpc) is 3.36. The lowest BCUT2D eigenvalue weighted by Crippen LogP contribution is -2.44. The summed E-state index contributed by atoms with van der Waals surface area (Å²) in [5.74, 6) is 5.06. The van der Waals surface area contributed by atoms with Crippen LogP contribution in [0.25, 0.3) is 10.9 Å². The van der Waals surface area contributed by atoms with E-state index in [4.69, 9.17) is 4.74 Å². The molecule has 0 spiro atoms. The van der Waals surface area contributed by atoms with Crippen LogP contribution in [0.4, 0.5) is 8.78 Å². The highest BCUT2D eigenvalue weighted by Crippen LogP contribution is 2.41. The van der Waals surface area contributed by atoms with Gasteiger partial charge in [-0.1, -0.05) is 17.9 Å². The second-order valence-electron chi connectivity index (χ2n) is 8.55. The maximum Gasteiger partial charge on any atom is 0.309 e. The Morgan fingerprint density at radius 3 is 2.82 bits per heavy atom. The number of carboxylic acid groups (broad SMARTS) is 1. The molecule has 0 radical (unpaired) electrons. The van der Waals surface area contributed by atoms with E-state index < -0.39 is 23.4 Å². The average molecular weight is 485 g/mol. The highest BCUT2D eigenvalue weighted by atomic mass is 32.1. The molecule has 0 bridgehead atoms. The molecular weight excluding hydrogens is 458 g/mol. The smallest absolute Gasteiger partial charge is 0.309 e. The van der Waals surface area contributed by atoms with Gasteiger partial charge in [-0.25, -0.2) is 8.78 Å². The lowest BCUT2D eigenvalue weighted by Gasteiger charge is -2.38. The highest BCUT2D eigenvalue weighted by Gasteiger charge is 2.41. The number of likely N-dealkylation sites (tertiary alicyclic amines) is 1. The number of aromatic nitrogens is 1. The second kappa shape index (κ2) is 10.5. The predicted molar refractivity (Wildman–Crippen MR) is 128 cm³/mol. The first-order valence-electron chi connectivity index (χ1n) is 11.2. The van der Waals surface area contributed by atoms with Crippen molar-refractivity contribution in [3.63, 3.8) is 0 Å². The molecule has 2 aromatic heterocycles. The molecular formula is C26H26F2N2O3S. The van der Waals surface area contributed by atoms with E-state index in [1.54, 1.807) is 29.5 Å². The number of alkyl halides is 1. The van der Waals surface area contributed by atoms with Crippen LogP contribution in [-0.4, -0.2) is 47.7 Å². The minimum atomic E-state index is -1.65. The molecule has 0 amide bonds. The lowest BCUT2D eigenvalue weighted by atomic mass is 9.74. The van der Waals surface area contributed by atoms with Gasteiger partial charge in [0.2, 0.25) is 0 Å². The van der Waals surface area contributed by atoms with Crippen molar-refractivity contribution in [3.8, 4) is 17.6 Å². The van der Waals surface area contributed by atoms with Crippen LogP contribution in [-0.2, 0) is 4.79 Å². The molecule has 1 fully saturated rings. The summed E-state index contributed by atoms with van der Waals surface area (Å²) in [6, 6.07) is 8.81. The van der Waals surface area contributed by atoms with E-state index in [1.807, 2.05) is 17.5 Å². The summed E-state index contributed by atoms with van der Waals surface area (Å²) in [6.07, 6.45) is 0.220. The Kier molecular flexibility index (Phi) is 7.44. The van der Waals surface area contributed by atoms with Crippen LogP contribution < -0.4 is 4.74 Å². The highest BCUT2D eigenvalue weighted by molar-refractivity contribution is 7.10. The third kappa shape index (κ3) is 5.21. The minimum absolute atomic E-state index is 0.0856. The standard InChI is InChI=1S/C26H26F2N2O3S/c1-33-18-6-7-23-20(16-18)24(22(28)17-29-23)21(27)8-9-26(25(31)32)10-13-30(14-11-26)12-2-4-19-5-3-15-34-19/h3,5-7,15-17,21H,8-14H2,1H3,(H,31,32). The fraction of sp³-hybridized carbons (Fsp3) is 0.385. The van der Waals surface area contributed by atoms with E-state index in [2.05, 4.69) is 21.7 Å². The van der Waals surface area contributed by atoms with Gasteiger partial charge < -0.3 is 9.84 Å². The molecule has 34 heavy (non-hydrogen) atoms. The molecule has 3 heterocycles. The molecule has 0 saturated carbocycles. The summed E-state index contributed by atoms with van der Waals surface area (Å²) in [5.41, 5.74) is -0.658. The van der Waals surface area contributed by atoms with Crippen LogP contribution in [0.1, 0.15) is 42.3 Å². The lowest BCUT2D eigenvalue weighted by molar-refractivity contribution is -0.152. The van der Waals surface area contributed by atoms with E-state index in [9.17, 15) is 14.3 Å². The number of nitrogens with zero attached hydrogens (tertiary/aromatic N) is 2. The molecule has 1 saturated heterocycles. The van der Waals surface area contributed by atoms with Crippen molar-refractivity contribution in [2.45, 2.75) is 31.9 Å². The number of carboxylic acids is 1.